The molecule has 0 aromatic heterocycles. The lowest BCUT2D eigenvalue weighted by Gasteiger charge is -2.11. The van der Waals surface area contributed by atoms with Gasteiger partial charge in [0.1, 0.15) is 5.75 Å². The van der Waals surface area contributed by atoms with Crippen molar-refractivity contribution in [2.24, 2.45) is 11.7 Å². The minimum absolute atomic E-state index is 0.263. The second-order valence-corrected chi connectivity index (χ2v) is 5.76. The van der Waals surface area contributed by atoms with Crippen molar-refractivity contribution in [2.75, 3.05) is 17.2 Å². The maximum Gasteiger partial charge on any atom is 0.316 e. The van der Waals surface area contributed by atoms with Gasteiger partial charge in [0.25, 0.3) is 5.91 Å². The van der Waals surface area contributed by atoms with Crippen LogP contribution in [-0.2, 0) is 0 Å². The number of hydrogen-bond donors (Lipinski definition) is 3. The maximum absolute atomic E-state index is 12.4. The number of nitrogens with one attached hydrogen (secondary N) is 2. The number of urea groups is 1. The monoisotopic (exact) mass is 327 g/mol. The van der Waals surface area contributed by atoms with E-state index < -0.39 is 6.03 Å². The lowest BCUT2D eigenvalue weighted by molar-refractivity contribution is 0.102. The minimum Gasteiger partial charge on any atom is -0.493 e. The summed E-state index contributed by atoms with van der Waals surface area (Å²) in [6, 6.07) is 13.1. The molecule has 0 saturated heterocycles. The van der Waals surface area contributed by atoms with Gasteiger partial charge < -0.3 is 21.1 Å². The van der Waals surface area contributed by atoms with Gasteiger partial charge in [0, 0.05) is 16.9 Å². The molecule has 4 N–H and O–H groups in total. The normalized spacial score (nSPS) is 10.3. The fraction of sp³-hybridized carbons (Fsp3) is 0.222. The number of benzene rings is 2. The van der Waals surface area contributed by atoms with E-state index in [1.165, 1.54) is 0 Å². The van der Waals surface area contributed by atoms with Crippen molar-refractivity contribution in [3.63, 3.8) is 0 Å². The highest BCUT2D eigenvalue weighted by Gasteiger charge is 2.08. The Hall–Kier alpha value is -3.02. The SMILES string of the molecule is CC(C)COc1cccc(C(=O)Nc2cccc(NC(N)=O)c2)c1. The molecule has 0 spiro atoms. The highest BCUT2D eigenvalue weighted by atomic mass is 16.5. The number of carbonyl (C=O) groups is 2. The average Bonchev–Trinajstić information content (AvgIpc) is 2.53. The van der Waals surface area contributed by atoms with Crippen LogP contribution in [0.15, 0.2) is 48.5 Å². The molecule has 6 heteroatoms. The van der Waals surface area contributed by atoms with Gasteiger partial charge in [-0.15, -0.1) is 0 Å². The topological polar surface area (TPSA) is 93.4 Å². The van der Waals surface area contributed by atoms with Crippen LogP contribution in [0.1, 0.15) is 24.2 Å². The van der Waals surface area contributed by atoms with Gasteiger partial charge in [-0.2, -0.15) is 0 Å². The number of primary amides is 1. The molecule has 2 aromatic carbocycles. The van der Waals surface area contributed by atoms with E-state index in [0.29, 0.717) is 35.2 Å². The first-order valence-corrected chi connectivity index (χ1v) is 7.65. The number of nitrogens with two attached hydrogens (primary N) is 1. The molecular formula is C18H21N3O3. The number of anilines is 2. The number of ether oxygens (including phenoxy) is 1. The van der Waals surface area contributed by atoms with Crippen molar-refractivity contribution in [3.05, 3.63) is 54.1 Å². The molecule has 0 bridgehead atoms. The van der Waals surface area contributed by atoms with E-state index in [1.807, 2.05) is 6.07 Å². The Balaban J connectivity index is 2.07. The van der Waals surface area contributed by atoms with E-state index in [9.17, 15) is 9.59 Å². The second-order valence-electron chi connectivity index (χ2n) is 5.76. The fourth-order valence-corrected chi connectivity index (χ4v) is 2.01. The Labute approximate surface area is 141 Å². The van der Waals surface area contributed by atoms with Gasteiger partial charge in [-0.05, 0) is 42.3 Å². The Bertz CT molecular complexity index is 729. The summed E-state index contributed by atoms with van der Waals surface area (Å²) >= 11 is 0. The highest BCUT2D eigenvalue weighted by molar-refractivity contribution is 6.04. The zero-order chi connectivity index (χ0) is 17.5. The lowest BCUT2D eigenvalue weighted by atomic mass is 10.2. The van der Waals surface area contributed by atoms with Gasteiger partial charge in [0.2, 0.25) is 0 Å². The molecule has 2 rings (SSSR count). The summed E-state index contributed by atoms with van der Waals surface area (Å²) < 4.78 is 5.63. The van der Waals surface area contributed by atoms with E-state index in [4.69, 9.17) is 10.5 Å². The zero-order valence-electron chi connectivity index (χ0n) is 13.7. The highest BCUT2D eigenvalue weighted by Crippen LogP contribution is 2.18. The van der Waals surface area contributed by atoms with Crippen LogP contribution < -0.4 is 21.1 Å². The summed E-state index contributed by atoms with van der Waals surface area (Å²) in [6.45, 7) is 4.71. The van der Waals surface area contributed by atoms with Crippen molar-refractivity contribution in [3.8, 4) is 5.75 Å². The van der Waals surface area contributed by atoms with Crippen molar-refractivity contribution in [2.45, 2.75) is 13.8 Å². The molecule has 0 heterocycles. The van der Waals surface area contributed by atoms with Crippen LogP contribution in [0.4, 0.5) is 16.2 Å². The van der Waals surface area contributed by atoms with E-state index >= 15 is 0 Å². The standard InChI is InChI=1S/C18H21N3O3/c1-12(2)11-24-16-8-3-5-13(9-16)17(22)20-14-6-4-7-15(10-14)21-18(19)23/h3-10,12H,11H2,1-2H3,(H,20,22)(H3,19,21,23). The molecule has 0 atom stereocenters. The summed E-state index contributed by atoms with van der Waals surface area (Å²) in [4.78, 5) is 23.2. The Morgan fingerprint density at radius 3 is 2.38 bits per heavy atom. The van der Waals surface area contributed by atoms with E-state index in [2.05, 4.69) is 24.5 Å². The fourth-order valence-electron chi connectivity index (χ4n) is 2.01. The molecule has 126 valence electrons. The largest absolute Gasteiger partial charge is 0.493 e. The molecule has 0 aliphatic rings. The van der Waals surface area contributed by atoms with Crippen molar-refractivity contribution in [1.82, 2.24) is 0 Å². The van der Waals surface area contributed by atoms with Crippen LogP contribution in [0.3, 0.4) is 0 Å². The number of rotatable bonds is 6. The van der Waals surface area contributed by atoms with Crippen LogP contribution in [0.2, 0.25) is 0 Å². The first-order chi connectivity index (χ1) is 11.4. The van der Waals surface area contributed by atoms with Gasteiger partial charge in [-0.25, -0.2) is 4.79 Å². The van der Waals surface area contributed by atoms with Gasteiger partial charge in [-0.3, -0.25) is 4.79 Å². The summed E-state index contributed by atoms with van der Waals surface area (Å²) in [5.74, 6) is 0.796. The van der Waals surface area contributed by atoms with Gasteiger partial charge in [0.15, 0.2) is 0 Å². The van der Waals surface area contributed by atoms with Crippen LogP contribution in [0, 0.1) is 5.92 Å². The zero-order valence-corrected chi connectivity index (χ0v) is 13.7. The number of carbonyl (C=O) groups excluding carboxylic acids is 2. The molecule has 3 amide bonds. The third kappa shape index (κ3) is 5.31. The Morgan fingerprint density at radius 1 is 1.04 bits per heavy atom. The molecule has 24 heavy (non-hydrogen) atoms. The van der Waals surface area contributed by atoms with E-state index in [0.717, 1.165) is 0 Å². The second kappa shape index (κ2) is 8.01. The van der Waals surface area contributed by atoms with Crippen LogP contribution in [0.25, 0.3) is 0 Å². The third-order valence-electron chi connectivity index (χ3n) is 3.07. The molecule has 0 unspecified atom stereocenters. The van der Waals surface area contributed by atoms with Crippen molar-refractivity contribution >= 4 is 23.3 Å². The molecule has 6 nitrogen and oxygen atoms in total. The molecule has 0 fully saturated rings. The van der Waals surface area contributed by atoms with Gasteiger partial charge in [0.05, 0.1) is 6.61 Å². The molecule has 2 aromatic rings. The minimum atomic E-state index is -0.659. The Kier molecular flexibility index (Phi) is 5.78. The third-order valence-corrected chi connectivity index (χ3v) is 3.07. The average molecular weight is 327 g/mol. The van der Waals surface area contributed by atoms with Crippen LogP contribution >= 0.6 is 0 Å². The summed E-state index contributed by atoms with van der Waals surface area (Å²) in [6.07, 6.45) is 0. The van der Waals surface area contributed by atoms with Crippen LogP contribution in [0.5, 0.6) is 5.75 Å². The van der Waals surface area contributed by atoms with E-state index in [1.54, 1.807) is 42.5 Å². The first kappa shape index (κ1) is 17.3. The van der Waals surface area contributed by atoms with Gasteiger partial charge >= 0.3 is 6.03 Å². The molecular weight excluding hydrogens is 306 g/mol. The van der Waals surface area contributed by atoms with Crippen molar-refractivity contribution < 1.29 is 14.3 Å². The number of hydrogen-bond acceptors (Lipinski definition) is 3. The van der Waals surface area contributed by atoms with E-state index in [-0.39, 0.29) is 5.91 Å². The number of amides is 3. The molecule has 0 aliphatic heterocycles. The Morgan fingerprint density at radius 2 is 1.71 bits per heavy atom. The quantitative estimate of drug-likeness (QED) is 0.758. The molecule has 0 radical (unpaired) electrons. The summed E-state index contributed by atoms with van der Waals surface area (Å²) in [5, 5.41) is 5.24. The molecule has 0 saturated carbocycles. The lowest BCUT2D eigenvalue weighted by Crippen LogP contribution is -2.19. The smallest absolute Gasteiger partial charge is 0.316 e. The summed E-state index contributed by atoms with van der Waals surface area (Å²) in [5.41, 5.74) is 6.64. The predicted octanol–water partition coefficient (Wildman–Crippen LogP) is 3.46. The maximum atomic E-state index is 12.4. The summed E-state index contributed by atoms with van der Waals surface area (Å²) in [7, 11) is 0. The molecule has 0 aliphatic carbocycles. The van der Waals surface area contributed by atoms with Gasteiger partial charge in [-0.1, -0.05) is 26.0 Å². The van der Waals surface area contributed by atoms with Crippen molar-refractivity contribution in [1.29, 1.82) is 0 Å². The first-order valence-electron chi connectivity index (χ1n) is 7.65. The predicted molar refractivity (Wildman–Crippen MR) is 94.4 cm³/mol. The van der Waals surface area contributed by atoms with Crippen LogP contribution in [-0.4, -0.2) is 18.5 Å².